The summed E-state index contributed by atoms with van der Waals surface area (Å²) in [6.07, 6.45) is 0.364. The number of rotatable bonds is 6. The van der Waals surface area contributed by atoms with Crippen LogP contribution in [0.5, 0.6) is 11.5 Å². The van der Waals surface area contributed by atoms with Crippen molar-refractivity contribution in [1.29, 1.82) is 0 Å². The number of hydrogen-bond acceptors (Lipinski definition) is 7. The number of amides is 2. The smallest absolute Gasteiger partial charge is 0.257 e. The van der Waals surface area contributed by atoms with Gasteiger partial charge in [0.2, 0.25) is 11.0 Å². The van der Waals surface area contributed by atoms with Gasteiger partial charge in [-0.15, -0.1) is 10.2 Å². The summed E-state index contributed by atoms with van der Waals surface area (Å²) in [5, 5.41) is 12.2. The molecule has 2 heterocycles. The number of methoxy groups -OCH3 is 2. The first kappa shape index (κ1) is 21.8. The summed E-state index contributed by atoms with van der Waals surface area (Å²) >= 11 is 1.28. The molecule has 2 amide bonds. The van der Waals surface area contributed by atoms with Crippen LogP contribution in [0.2, 0.25) is 0 Å². The molecule has 1 aliphatic rings. The lowest BCUT2D eigenvalue weighted by Gasteiger charge is -2.17. The first-order chi connectivity index (χ1) is 15.4. The molecule has 9 heteroatoms. The van der Waals surface area contributed by atoms with Gasteiger partial charge >= 0.3 is 0 Å². The molecule has 32 heavy (non-hydrogen) atoms. The topological polar surface area (TPSA) is 93.6 Å². The number of nitrogens with zero attached hydrogens (tertiary/aromatic N) is 3. The minimum absolute atomic E-state index is 0.0579. The Balaban J connectivity index is 1.46. The van der Waals surface area contributed by atoms with E-state index in [1.165, 1.54) is 31.1 Å². The van der Waals surface area contributed by atoms with E-state index in [1.54, 1.807) is 23.1 Å². The molecule has 3 aromatic rings. The van der Waals surface area contributed by atoms with Gasteiger partial charge in [-0.2, -0.15) is 0 Å². The Bertz CT molecular complexity index is 1150. The molecule has 0 bridgehead atoms. The molecule has 0 saturated carbocycles. The van der Waals surface area contributed by atoms with Crippen molar-refractivity contribution in [2.75, 3.05) is 31.0 Å². The van der Waals surface area contributed by atoms with E-state index >= 15 is 0 Å². The number of benzene rings is 2. The van der Waals surface area contributed by atoms with E-state index < -0.39 is 0 Å². The van der Waals surface area contributed by atoms with Crippen LogP contribution in [0.15, 0.2) is 36.4 Å². The first-order valence-electron chi connectivity index (χ1n) is 10.1. The number of nitrogens with one attached hydrogen (secondary N) is 1. The molecule has 2 aromatic carbocycles. The third kappa shape index (κ3) is 4.43. The van der Waals surface area contributed by atoms with Crippen LogP contribution in [0.25, 0.3) is 0 Å². The standard InChI is InChI=1S/C23H24N4O4S/c1-13-5-6-17(7-14(13)2)27-12-16(10-20(27)28)22-25-26-23(32-22)24-21(29)15-8-18(30-3)11-19(9-15)31-4/h5-9,11,16H,10,12H2,1-4H3,(H,24,26,29)/t16-/m0/s1. The van der Waals surface area contributed by atoms with Crippen LogP contribution in [-0.2, 0) is 4.79 Å². The molecule has 0 radical (unpaired) electrons. The first-order valence-corrected chi connectivity index (χ1v) is 10.9. The van der Waals surface area contributed by atoms with Gasteiger partial charge in [0.1, 0.15) is 16.5 Å². The van der Waals surface area contributed by atoms with Gasteiger partial charge in [0.05, 0.1) is 14.2 Å². The molecule has 1 aliphatic heterocycles. The van der Waals surface area contributed by atoms with Gasteiger partial charge in [-0.3, -0.25) is 14.9 Å². The Hall–Kier alpha value is -3.46. The van der Waals surface area contributed by atoms with Gasteiger partial charge in [0.15, 0.2) is 0 Å². The summed E-state index contributed by atoms with van der Waals surface area (Å²) in [5.41, 5.74) is 3.62. The number of hydrogen-bond donors (Lipinski definition) is 1. The molecule has 8 nitrogen and oxygen atoms in total. The summed E-state index contributed by atoms with van der Waals surface area (Å²) in [6.45, 7) is 4.62. The zero-order valence-electron chi connectivity index (χ0n) is 18.3. The fraction of sp³-hybridized carbons (Fsp3) is 0.304. The lowest BCUT2D eigenvalue weighted by Crippen LogP contribution is -2.24. The maximum atomic E-state index is 12.7. The van der Waals surface area contributed by atoms with Gasteiger partial charge in [-0.05, 0) is 49.2 Å². The van der Waals surface area contributed by atoms with Crippen molar-refractivity contribution in [3.63, 3.8) is 0 Å². The highest BCUT2D eigenvalue weighted by atomic mass is 32.1. The second-order valence-electron chi connectivity index (χ2n) is 7.67. The fourth-order valence-corrected chi connectivity index (χ4v) is 4.40. The average molecular weight is 453 g/mol. The minimum Gasteiger partial charge on any atom is -0.497 e. The maximum Gasteiger partial charge on any atom is 0.257 e. The van der Waals surface area contributed by atoms with E-state index in [2.05, 4.69) is 15.5 Å². The van der Waals surface area contributed by atoms with Crippen LogP contribution in [0, 0.1) is 13.8 Å². The van der Waals surface area contributed by atoms with Crippen molar-refractivity contribution in [3.8, 4) is 11.5 Å². The van der Waals surface area contributed by atoms with Crippen LogP contribution in [-0.4, -0.2) is 42.8 Å². The van der Waals surface area contributed by atoms with Gasteiger partial charge in [-0.1, -0.05) is 17.4 Å². The van der Waals surface area contributed by atoms with Crippen LogP contribution in [0.4, 0.5) is 10.8 Å². The highest BCUT2D eigenvalue weighted by Gasteiger charge is 2.34. The Kier molecular flexibility index (Phi) is 6.09. The van der Waals surface area contributed by atoms with Crippen molar-refractivity contribution in [2.45, 2.75) is 26.2 Å². The monoisotopic (exact) mass is 452 g/mol. The molecule has 4 rings (SSSR count). The summed E-state index contributed by atoms with van der Waals surface area (Å²) in [5.74, 6) is 0.683. The largest absolute Gasteiger partial charge is 0.497 e. The molecule has 1 N–H and O–H groups in total. The fourth-order valence-electron chi connectivity index (χ4n) is 3.57. The number of carbonyl (C=O) groups is 2. The lowest BCUT2D eigenvalue weighted by atomic mass is 10.1. The van der Waals surface area contributed by atoms with E-state index in [1.807, 2.05) is 32.0 Å². The normalized spacial score (nSPS) is 15.7. The van der Waals surface area contributed by atoms with Gasteiger partial charge in [0, 0.05) is 36.2 Å². The molecule has 166 valence electrons. The van der Waals surface area contributed by atoms with Crippen LogP contribution >= 0.6 is 11.3 Å². The predicted molar refractivity (Wildman–Crippen MR) is 123 cm³/mol. The Morgan fingerprint density at radius 2 is 1.78 bits per heavy atom. The average Bonchev–Trinajstić information content (AvgIpc) is 3.41. The second-order valence-corrected chi connectivity index (χ2v) is 8.68. The molecule has 0 spiro atoms. The van der Waals surface area contributed by atoms with Gasteiger partial charge in [-0.25, -0.2) is 0 Å². The summed E-state index contributed by atoms with van der Waals surface area (Å²) < 4.78 is 10.4. The molecule has 0 aliphatic carbocycles. The number of aryl methyl sites for hydroxylation is 2. The van der Waals surface area contributed by atoms with E-state index in [9.17, 15) is 9.59 Å². The predicted octanol–water partition coefficient (Wildman–Crippen LogP) is 3.94. The van der Waals surface area contributed by atoms with Crippen molar-refractivity contribution in [2.24, 2.45) is 0 Å². The third-order valence-corrected chi connectivity index (χ3v) is 6.55. The lowest BCUT2D eigenvalue weighted by molar-refractivity contribution is -0.117. The maximum absolute atomic E-state index is 12.7. The van der Waals surface area contributed by atoms with E-state index in [-0.39, 0.29) is 17.7 Å². The highest BCUT2D eigenvalue weighted by Crippen LogP contribution is 2.35. The number of carbonyl (C=O) groups excluding carboxylic acids is 2. The number of anilines is 2. The molecule has 1 saturated heterocycles. The molecular formula is C23H24N4O4S. The highest BCUT2D eigenvalue weighted by molar-refractivity contribution is 7.15. The zero-order chi connectivity index (χ0) is 22.8. The quantitative estimate of drug-likeness (QED) is 0.609. The van der Waals surface area contributed by atoms with E-state index in [4.69, 9.17) is 9.47 Å². The van der Waals surface area contributed by atoms with Crippen LogP contribution in [0.3, 0.4) is 0 Å². The Labute approximate surface area is 190 Å². The van der Waals surface area contributed by atoms with Gasteiger partial charge in [0.25, 0.3) is 5.91 Å². The summed E-state index contributed by atoms with van der Waals surface area (Å²) in [7, 11) is 3.05. The van der Waals surface area contributed by atoms with Gasteiger partial charge < -0.3 is 14.4 Å². The van der Waals surface area contributed by atoms with Crippen molar-refractivity contribution >= 4 is 34.0 Å². The summed E-state index contributed by atoms with van der Waals surface area (Å²) in [6, 6.07) is 11.0. The third-order valence-electron chi connectivity index (χ3n) is 5.55. The molecular weight excluding hydrogens is 428 g/mol. The minimum atomic E-state index is -0.343. The van der Waals surface area contributed by atoms with Crippen LogP contribution < -0.4 is 19.7 Å². The van der Waals surface area contributed by atoms with Crippen molar-refractivity contribution < 1.29 is 19.1 Å². The number of aromatic nitrogens is 2. The zero-order valence-corrected chi connectivity index (χ0v) is 19.2. The molecule has 1 fully saturated rings. The Morgan fingerprint density at radius 1 is 1.06 bits per heavy atom. The van der Waals surface area contributed by atoms with E-state index in [0.717, 1.165) is 16.3 Å². The molecule has 1 atom stereocenters. The SMILES string of the molecule is COc1cc(OC)cc(C(=O)Nc2nnc([C@H]3CC(=O)N(c4ccc(C)c(C)c4)C3)s2)c1. The molecule has 0 unspecified atom stereocenters. The van der Waals surface area contributed by atoms with E-state index in [0.29, 0.717) is 35.2 Å². The summed E-state index contributed by atoms with van der Waals surface area (Å²) in [4.78, 5) is 27.1. The van der Waals surface area contributed by atoms with Crippen molar-refractivity contribution in [3.05, 3.63) is 58.1 Å². The van der Waals surface area contributed by atoms with Crippen molar-refractivity contribution in [1.82, 2.24) is 10.2 Å². The Morgan fingerprint density at radius 3 is 2.44 bits per heavy atom. The number of ether oxygens (including phenoxy) is 2. The molecule has 1 aromatic heterocycles. The second kappa shape index (κ2) is 8.96. The van der Waals surface area contributed by atoms with Crippen LogP contribution in [0.1, 0.15) is 38.8 Å².